The molecule has 78 valence electrons. The second-order valence-electron chi connectivity index (χ2n) is 2.79. The second-order valence-corrected chi connectivity index (χ2v) is 3.94. The van der Waals surface area contributed by atoms with E-state index in [4.69, 9.17) is 0 Å². The van der Waals surface area contributed by atoms with Gasteiger partial charge in [0.2, 0.25) is 11.8 Å². The Bertz CT molecular complexity index is 394. The number of thiophene rings is 1. The molecule has 0 aliphatic heterocycles. The predicted octanol–water partition coefficient (Wildman–Crippen LogP) is 1.68. The summed E-state index contributed by atoms with van der Waals surface area (Å²) < 4.78 is 0. The standard InChI is InChI=1S/C10H10N2O2S/c1-7(13)11-5-9-3-4-10(15-9)6-12-8(2)14/h3-6H,1-2H3. The van der Waals surface area contributed by atoms with Gasteiger partial charge in [-0.1, -0.05) is 0 Å². The molecule has 0 saturated carbocycles. The third-order valence-electron chi connectivity index (χ3n) is 1.39. The van der Waals surface area contributed by atoms with Crippen LogP contribution in [0.25, 0.3) is 0 Å². The normalized spacial score (nSPS) is 11.3. The zero-order chi connectivity index (χ0) is 11.3. The molecule has 0 unspecified atom stereocenters. The van der Waals surface area contributed by atoms with Crippen LogP contribution in [0.15, 0.2) is 22.1 Å². The number of hydrogen-bond donors (Lipinski definition) is 0. The Hall–Kier alpha value is -1.62. The average molecular weight is 222 g/mol. The average Bonchev–Trinajstić information content (AvgIpc) is 2.59. The molecule has 0 N–H and O–H groups in total. The molecule has 0 aromatic carbocycles. The molecule has 0 atom stereocenters. The summed E-state index contributed by atoms with van der Waals surface area (Å²) in [5.74, 6) is -0.468. The SMILES string of the molecule is CC(=O)N=Cc1ccc(C=NC(C)=O)s1. The zero-order valence-corrected chi connectivity index (χ0v) is 9.25. The maximum Gasteiger partial charge on any atom is 0.242 e. The topological polar surface area (TPSA) is 58.9 Å². The molecule has 1 aromatic rings. The second kappa shape index (κ2) is 5.31. The highest BCUT2D eigenvalue weighted by atomic mass is 32.1. The highest BCUT2D eigenvalue weighted by Crippen LogP contribution is 2.12. The van der Waals surface area contributed by atoms with Gasteiger partial charge in [0.05, 0.1) is 0 Å². The first-order valence-corrected chi connectivity index (χ1v) is 5.08. The lowest BCUT2D eigenvalue weighted by atomic mass is 10.4. The number of amides is 2. The van der Waals surface area contributed by atoms with Gasteiger partial charge < -0.3 is 0 Å². The van der Waals surface area contributed by atoms with Crippen LogP contribution in [0.1, 0.15) is 23.6 Å². The quantitative estimate of drug-likeness (QED) is 0.715. The van der Waals surface area contributed by atoms with Crippen molar-refractivity contribution < 1.29 is 9.59 Å². The van der Waals surface area contributed by atoms with Gasteiger partial charge >= 0.3 is 0 Å². The van der Waals surface area contributed by atoms with E-state index in [0.29, 0.717) is 0 Å². The summed E-state index contributed by atoms with van der Waals surface area (Å²) in [4.78, 5) is 30.1. The molecule has 0 aliphatic carbocycles. The maximum absolute atomic E-state index is 10.6. The van der Waals surface area contributed by atoms with E-state index in [9.17, 15) is 9.59 Å². The highest BCUT2D eigenvalue weighted by Gasteiger charge is 1.95. The largest absolute Gasteiger partial charge is 0.273 e. The van der Waals surface area contributed by atoms with Crippen molar-refractivity contribution in [3.63, 3.8) is 0 Å². The van der Waals surface area contributed by atoms with E-state index in [1.165, 1.54) is 37.6 Å². The van der Waals surface area contributed by atoms with E-state index in [-0.39, 0.29) is 11.8 Å². The van der Waals surface area contributed by atoms with Crippen molar-refractivity contribution >= 4 is 35.6 Å². The third kappa shape index (κ3) is 4.42. The lowest BCUT2D eigenvalue weighted by Gasteiger charge is -1.82. The van der Waals surface area contributed by atoms with Crippen molar-refractivity contribution in [1.82, 2.24) is 0 Å². The monoisotopic (exact) mass is 222 g/mol. The Morgan fingerprint density at radius 1 is 1.07 bits per heavy atom. The Labute approximate surface area is 91.4 Å². The van der Waals surface area contributed by atoms with E-state index < -0.39 is 0 Å². The van der Waals surface area contributed by atoms with E-state index in [2.05, 4.69) is 9.98 Å². The summed E-state index contributed by atoms with van der Waals surface area (Å²) >= 11 is 1.41. The Morgan fingerprint density at radius 2 is 1.47 bits per heavy atom. The van der Waals surface area contributed by atoms with Crippen molar-refractivity contribution in [3.8, 4) is 0 Å². The minimum absolute atomic E-state index is 0.234. The molecular formula is C10H10N2O2S. The number of carbonyl (C=O) groups excluding carboxylic acids is 2. The fourth-order valence-electron chi connectivity index (χ4n) is 0.816. The first kappa shape index (κ1) is 11.5. The van der Waals surface area contributed by atoms with E-state index in [1.54, 1.807) is 0 Å². The van der Waals surface area contributed by atoms with Crippen molar-refractivity contribution in [3.05, 3.63) is 21.9 Å². The Morgan fingerprint density at radius 3 is 1.80 bits per heavy atom. The fraction of sp³-hybridized carbons (Fsp3) is 0.200. The summed E-state index contributed by atoms with van der Waals surface area (Å²) in [5.41, 5.74) is 0. The van der Waals surface area contributed by atoms with Gasteiger partial charge in [-0.05, 0) is 12.1 Å². The van der Waals surface area contributed by atoms with Crippen LogP contribution in [0.3, 0.4) is 0 Å². The third-order valence-corrected chi connectivity index (χ3v) is 2.35. The van der Waals surface area contributed by atoms with Gasteiger partial charge in [-0.15, -0.1) is 11.3 Å². The summed E-state index contributed by atoms with van der Waals surface area (Å²) in [6, 6.07) is 3.64. The lowest BCUT2D eigenvalue weighted by Crippen LogP contribution is -1.83. The molecule has 1 aromatic heterocycles. The summed E-state index contributed by atoms with van der Waals surface area (Å²) in [6.07, 6.45) is 3.00. The first-order valence-electron chi connectivity index (χ1n) is 4.27. The zero-order valence-electron chi connectivity index (χ0n) is 8.43. The highest BCUT2D eigenvalue weighted by molar-refractivity contribution is 7.15. The minimum Gasteiger partial charge on any atom is -0.273 e. The molecule has 0 radical (unpaired) electrons. The van der Waals surface area contributed by atoms with E-state index in [0.717, 1.165) is 9.75 Å². The van der Waals surface area contributed by atoms with Gasteiger partial charge in [-0.25, -0.2) is 9.98 Å². The van der Waals surface area contributed by atoms with Crippen molar-refractivity contribution in [2.75, 3.05) is 0 Å². The molecule has 0 spiro atoms. The summed E-state index contributed by atoms with van der Waals surface area (Å²) in [7, 11) is 0. The molecule has 15 heavy (non-hydrogen) atoms. The van der Waals surface area contributed by atoms with Crippen molar-refractivity contribution in [2.24, 2.45) is 9.98 Å². The smallest absolute Gasteiger partial charge is 0.242 e. The fourth-order valence-corrected chi connectivity index (χ4v) is 1.57. The van der Waals surface area contributed by atoms with Gasteiger partial charge in [0.25, 0.3) is 0 Å². The number of aliphatic imine (C=N–C) groups is 2. The van der Waals surface area contributed by atoms with Gasteiger partial charge in [0.1, 0.15) is 0 Å². The van der Waals surface area contributed by atoms with Crippen LogP contribution in [0.2, 0.25) is 0 Å². The van der Waals surface area contributed by atoms with Crippen LogP contribution in [0.4, 0.5) is 0 Å². The van der Waals surface area contributed by atoms with E-state index in [1.807, 2.05) is 12.1 Å². The molecule has 0 aliphatic rings. The summed E-state index contributed by atoms with van der Waals surface area (Å²) in [6.45, 7) is 2.78. The molecule has 4 nitrogen and oxygen atoms in total. The molecule has 2 amide bonds. The van der Waals surface area contributed by atoms with Crippen molar-refractivity contribution in [1.29, 1.82) is 0 Å². The van der Waals surface area contributed by atoms with Crippen molar-refractivity contribution in [2.45, 2.75) is 13.8 Å². The van der Waals surface area contributed by atoms with Crippen LogP contribution in [0.5, 0.6) is 0 Å². The van der Waals surface area contributed by atoms with Gasteiger partial charge in [-0.3, -0.25) is 9.59 Å². The predicted molar refractivity (Wildman–Crippen MR) is 60.9 cm³/mol. The van der Waals surface area contributed by atoms with Gasteiger partial charge in [0, 0.05) is 36.0 Å². The molecule has 0 saturated heterocycles. The number of nitrogens with zero attached hydrogens (tertiary/aromatic N) is 2. The number of rotatable bonds is 2. The van der Waals surface area contributed by atoms with Crippen LogP contribution < -0.4 is 0 Å². The molecule has 0 fully saturated rings. The molecule has 0 bridgehead atoms. The minimum atomic E-state index is -0.234. The van der Waals surface area contributed by atoms with Crippen LogP contribution in [0, 0.1) is 0 Å². The molecule has 1 heterocycles. The molecule has 1 rings (SSSR count). The van der Waals surface area contributed by atoms with E-state index >= 15 is 0 Å². The van der Waals surface area contributed by atoms with Gasteiger partial charge in [-0.2, -0.15) is 0 Å². The van der Waals surface area contributed by atoms with Crippen LogP contribution in [-0.2, 0) is 9.59 Å². The first-order chi connectivity index (χ1) is 7.08. The van der Waals surface area contributed by atoms with Crippen LogP contribution in [-0.4, -0.2) is 24.2 Å². The van der Waals surface area contributed by atoms with Gasteiger partial charge in [0.15, 0.2) is 0 Å². The number of hydrogen-bond acceptors (Lipinski definition) is 3. The Kier molecular flexibility index (Phi) is 4.05. The molecular weight excluding hydrogens is 212 g/mol. The van der Waals surface area contributed by atoms with Crippen LogP contribution >= 0.6 is 11.3 Å². The molecule has 5 heteroatoms. The maximum atomic E-state index is 10.6. The lowest BCUT2D eigenvalue weighted by molar-refractivity contribution is -0.116. The Balaban J connectivity index is 2.72. The summed E-state index contributed by atoms with van der Waals surface area (Å²) in [5, 5.41) is 0. The number of carbonyl (C=O) groups is 2.